The molecule has 3 aromatic rings. The van der Waals surface area contributed by atoms with E-state index in [1.807, 2.05) is 42.9 Å². The van der Waals surface area contributed by atoms with E-state index in [1.165, 1.54) is 11.3 Å². The van der Waals surface area contributed by atoms with Crippen molar-refractivity contribution >= 4 is 29.0 Å². The summed E-state index contributed by atoms with van der Waals surface area (Å²) in [5.41, 5.74) is 3.30. The molecule has 26 heavy (non-hydrogen) atoms. The van der Waals surface area contributed by atoms with Crippen LogP contribution in [0, 0.1) is 20.8 Å². The Hall–Kier alpha value is -2.87. The van der Waals surface area contributed by atoms with Gasteiger partial charge >= 0.3 is 5.97 Å². The fourth-order valence-corrected chi connectivity index (χ4v) is 3.74. The van der Waals surface area contributed by atoms with Gasteiger partial charge in [-0.25, -0.2) is 4.79 Å². The maximum atomic E-state index is 12.4. The van der Waals surface area contributed by atoms with Crippen LogP contribution in [0.3, 0.4) is 0 Å². The van der Waals surface area contributed by atoms with E-state index in [0.29, 0.717) is 11.4 Å². The molecule has 0 fully saturated rings. The van der Waals surface area contributed by atoms with E-state index in [4.69, 9.17) is 4.74 Å². The molecule has 0 unspecified atom stereocenters. The van der Waals surface area contributed by atoms with Crippen LogP contribution in [0.1, 0.15) is 27.4 Å². The second-order valence-corrected chi connectivity index (χ2v) is 6.90. The van der Waals surface area contributed by atoms with Crippen molar-refractivity contribution in [1.82, 2.24) is 14.3 Å². The van der Waals surface area contributed by atoms with Crippen LogP contribution in [0.2, 0.25) is 0 Å². The number of nitrogens with one attached hydrogen (secondary N) is 1. The molecule has 1 amide bonds. The van der Waals surface area contributed by atoms with E-state index in [1.54, 1.807) is 23.9 Å². The molecule has 0 atom stereocenters. The fraction of sp³-hybridized carbons (Fsp3) is 0.278. The Morgan fingerprint density at radius 3 is 2.50 bits per heavy atom. The molecule has 0 saturated heterocycles. The zero-order valence-corrected chi connectivity index (χ0v) is 15.9. The fourth-order valence-electron chi connectivity index (χ4n) is 2.73. The van der Waals surface area contributed by atoms with E-state index < -0.39 is 11.9 Å². The minimum atomic E-state index is -0.523. The summed E-state index contributed by atoms with van der Waals surface area (Å²) in [7, 11) is 1.73. The minimum Gasteiger partial charge on any atom is -0.452 e. The smallest absolute Gasteiger partial charge is 0.341 e. The van der Waals surface area contributed by atoms with Crippen LogP contribution in [-0.4, -0.2) is 32.8 Å². The van der Waals surface area contributed by atoms with Gasteiger partial charge in [-0.05, 0) is 44.4 Å². The number of hydrogen-bond acceptors (Lipinski definition) is 5. The van der Waals surface area contributed by atoms with E-state index in [9.17, 15) is 9.59 Å². The molecule has 0 aliphatic rings. The van der Waals surface area contributed by atoms with Gasteiger partial charge in [0.05, 0.1) is 11.3 Å². The highest BCUT2D eigenvalue weighted by Crippen LogP contribution is 2.26. The molecular weight excluding hydrogens is 352 g/mol. The Morgan fingerprint density at radius 1 is 1.19 bits per heavy atom. The van der Waals surface area contributed by atoms with E-state index in [0.717, 1.165) is 22.1 Å². The molecule has 0 aromatic carbocycles. The molecular formula is C18H20N4O3S. The Kier molecular flexibility index (Phi) is 4.94. The van der Waals surface area contributed by atoms with Crippen molar-refractivity contribution < 1.29 is 14.3 Å². The summed E-state index contributed by atoms with van der Waals surface area (Å²) >= 11 is 1.46. The molecule has 0 aliphatic carbocycles. The summed E-state index contributed by atoms with van der Waals surface area (Å²) in [6.07, 6.45) is 0. The summed E-state index contributed by atoms with van der Waals surface area (Å²) in [5.74, 6) is -0.380. The number of carbonyl (C=O) groups excluding carboxylic acids is 2. The van der Waals surface area contributed by atoms with Crippen LogP contribution < -0.4 is 5.32 Å². The Balaban J connectivity index is 1.67. The van der Waals surface area contributed by atoms with Gasteiger partial charge in [0.1, 0.15) is 10.8 Å². The highest BCUT2D eigenvalue weighted by molar-refractivity contribution is 7.13. The van der Waals surface area contributed by atoms with Crippen molar-refractivity contribution in [2.75, 3.05) is 11.9 Å². The van der Waals surface area contributed by atoms with Gasteiger partial charge in [-0.3, -0.25) is 9.48 Å². The number of nitrogens with zero attached hydrogens (tertiary/aromatic N) is 3. The normalized spacial score (nSPS) is 10.8. The molecule has 3 heterocycles. The van der Waals surface area contributed by atoms with Gasteiger partial charge in [0.25, 0.3) is 5.91 Å². The molecule has 136 valence electrons. The number of thiophene rings is 1. The molecule has 1 N–H and O–H groups in total. The lowest BCUT2D eigenvalue weighted by Gasteiger charge is -2.10. The van der Waals surface area contributed by atoms with Crippen LogP contribution in [0.15, 0.2) is 29.6 Å². The number of aryl methyl sites for hydroxylation is 4. The molecule has 0 spiro atoms. The highest BCUT2D eigenvalue weighted by Gasteiger charge is 2.19. The first kappa shape index (κ1) is 17.9. The lowest BCUT2D eigenvalue weighted by molar-refractivity contribution is -0.119. The van der Waals surface area contributed by atoms with Gasteiger partial charge in [0, 0.05) is 24.5 Å². The van der Waals surface area contributed by atoms with E-state index >= 15 is 0 Å². The summed E-state index contributed by atoms with van der Waals surface area (Å²) in [6, 6.07) is 7.44. The van der Waals surface area contributed by atoms with Crippen LogP contribution in [0.25, 0.3) is 5.00 Å². The van der Waals surface area contributed by atoms with Crippen molar-refractivity contribution in [1.29, 1.82) is 0 Å². The number of carbonyl (C=O) groups is 2. The quantitative estimate of drug-likeness (QED) is 0.699. The first-order valence-corrected chi connectivity index (χ1v) is 8.95. The number of amides is 1. The van der Waals surface area contributed by atoms with Gasteiger partial charge in [-0.2, -0.15) is 5.10 Å². The summed E-state index contributed by atoms with van der Waals surface area (Å²) in [6.45, 7) is 5.43. The third-order valence-corrected chi connectivity index (χ3v) is 4.84. The molecule has 7 nitrogen and oxygen atoms in total. The monoisotopic (exact) mass is 372 g/mol. The minimum absolute atomic E-state index is 0.359. The zero-order chi connectivity index (χ0) is 18.8. The average Bonchev–Trinajstić information content (AvgIpc) is 3.25. The maximum absolute atomic E-state index is 12.4. The largest absolute Gasteiger partial charge is 0.452 e. The summed E-state index contributed by atoms with van der Waals surface area (Å²) in [5, 5.41) is 9.45. The van der Waals surface area contributed by atoms with E-state index in [2.05, 4.69) is 10.4 Å². The first-order chi connectivity index (χ1) is 12.4. The molecule has 0 saturated carbocycles. The number of anilines is 1. The molecule has 8 heteroatoms. The van der Waals surface area contributed by atoms with Crippen molar-refractivity contribution in [2.24, 2.45) is 7.05 Å². The van der Waals surface area contributed by atoms with Crippen molar-refractivity contribution in [3.63, 3.8) is 0 Å². The molecule has 0 radical (unpaired) electrons. The average molecular weight is 372 g/mol. The molecule has 0 bridgehead atoms. The van der Waals surface area contributed by atoms with Crippen molar-refractivity contribution in [2.45, 2.75) is 20.8 Å². The topological polar surface area (TPSA) is 78.1 Å². The van der Waals surface area contributed by atoms with Gasteiger partial charge < -0.3 is 14.6 Å². The zero-order valence-electron chi connectivity index (χ0n) is 15.1. The lowest BCUT2D eigenvalue weighted by atomic mass is 10.3. The summed E-state index contributed by atoms with van der Waals surface area (Å²) in [4.78, 5) is 24.5. The third kappa shape index (κ3) is 3.55. The van der Waals surface area contributed by atoms with Crippen LogP contribution >= 0.6 is 11.3 Å². The maximum Gasteiger partial charge on any atom is 0.341 e. The molecule has 3 aromatic heterocycles. The van der Waals surface area contributed by atoms with E-state index in [-0.39, 0.29) is 6.61 Å². The molecule has 0 aliphatic heterocycles. The number of esters is 1. The predicted molar refractivity (Wildman–Crippen MR) is 100.0 cm³/mol. The highest BCUT2D eigenvalue weighted by atomic mass is 32.1. The predicted octanol–water partition coefficient (Wildman–Crippen LogP) is 2.99. The van der Waals surface area contributed by atoms with Crippen LogP contribution in [0.4, 0.5) is 5.82 Å². The second-order valence-electron chi connectivity index (χ2n) is 6.01. The lowest BCUT2D eigenvalue weighted by Crippen LogP contribution is -2.22. The van der Waals surface area contributed by atoms with Crippen molar-refractivity contribution in [3.8, 4) is 5.00 Å². The second kappa shape index (κ2) is 7.17. The number of ether oxygens (including phenoxy) is 1. The summed E-state index contributed by atoms with van der Waals surface area (Å²) < 4.78 is 8.76. The van der Waals surface area contributed by atoms with Crippen LogP contribution in [-0.2, 0) is 16.6 Å². The SMILES string of the molecule is Cc1cc(NC(=O)COC(=O)c2ccsc2-n2c(C)ccc2C)n(C)n1. The van der Waals surface area contributed by atoms with Gasteiger partial charge in [0.2, 0.25) is 0 Å². The Morgan fingerprint density at radius 2 is 1.88 bits per heavy atom. The van der Waals surface area contributed by atoms with Crippen LogP contribution in [0.5, 0.6) is 0 Å². The van der Waals surface area contributed by atoms with Gasteiger partial charge in [-0.1, -0.05) is 0 Å². The Labute approximate surface area is 155 Å². The number of aromatic nitrogens is 3. The molecule has 3 rings (SSSR count). The van der Waals surface area contributed by atoms with Gasteiger partial charge in [-0.15, -0.1) is 11.3 Å². The first-order valence-electron chi connectivity index (χ1n) is 8.07. The standard InChI is InChI=1S/C18H20N4O3S/c1-11-9-15(21(4)20-11)19-16(23)10-25-18(24)14-7-8-26-17(14)22-12(2)5-6-13(22)3/h5-9H,10H2,1-4H3,(H,19,23). The van der Waals surface area contributed by atoms with Crippen molar-refractivity contribution in [3.05, 3.63) is 52.3 Å². The third-order valence-electron chi connectivity index (χ3n) is 3.94. The Bertz CT molecular complexity index is 948. The number of rotatable bonds is 5. The number of hydrogen-bond donors (Lipinski definition) is 1. The van der Waals surface area contributed by atoms with Gasteiger partial charge in [0.15, 0.2) is 6.61 Å².